The Morgan fingerprint density at radius 1 is 1.00 bits per heavy atom. The van der Waals surface area contributed by atoms with Gasteiger partial charge in [-0.2, -0.15) is 10.4 Å². The number of carbonyl (C=O) groups is 2. The van der Waals surface area contributed by atoms with Gasteiger partial charge in [0.1, 0.15) is 5.69 Å². The number of aryl methyl sites for hydroxylation is 1. The first kappa shape index (κ1) is 21.1. The summed E-state index contributed by atoms with van der Waals surface area (Å²) in [6, 6.07) is 19.8. The fourth-order valence-corrected chi connectivity index (χ4v) is 5.05. The van der Waals surface area contributed by atoms with E-state index in [2.05, 4.69) is 11.4 Å². The third-order valence-corrected chi connectivity index (χ3v) is 6.74. The van der Waals surface area contributed by atoms with Crippen LogP contribution in [-0.4, -0.2) is 27.5 Å². The van der Waals surface area contributed by atoms with Crippen LogP contribution in [0.4, 0.5) is 0 Å². The van der Waals surface area contributed by atoms with E-state index in [-0.39, 0.29) is 11.7 Å². The Balaban J connectivity index is 1.55. The molecular formula is C27H26N4O2. The number of benzene rings is 2. The molecule has 2 aromatic carbocycles. The maximum Gasteiger partial charge on any atom is 0.245 e. The van der Waals surface area contributed by atoms with Crippen LogP contribution in [-0.2, 0) is 17.6 Å². The number of amides is 1. The predicted molar refractivity (Wildman–Crippen MR) is 125 cm³/mol. The topological polar surface area (TPSA) is 87.8 Å². The van der Waals surface area contributed by atoms with Crippen molar-refractivity contribution in [2.45, 2.75) is 51.0 Å². The number of nitriles is 1. The summed E-state index contributed by atoms with van der Waals surface area (Å²) in [6.07, 6.45) is 6.50. The molecule has 0 bridgehead atoms. The number of nitrogens with one attached hydrogen (secondary N) is 1. The van der Waals surface area contributed by atoms with E-state index in [1.807, 2.05) is 54.6 Å². The molecule has 1 heterocycles. The summed E-state index contributed by atoms with van der Waals surface area (Å²) in [4.78, 5) is 26.4. The molecule has 0 radical (unpaired) electrons. The maximum absolute atomic E-state index is 13.5. The van der Waals surface area contributed by atoms with Gasteiger partial charge in [0.15, 0.2) is 5.92 Å². The lowest BCUT2D eigenvalue weighted by Crippen LogP contribution is -2.42. The Morgan fingerprint density at radius 3 is 2.48 bits per heavy atom. The molecule has 6 heteroatoms. The summed E-state index contributed by atoms with van der Waals surface area (Å²) < 4.78 is 1.79. The molecule has 1 unspecified atom stereocenters. The zero-order chi connectivity index (χ0) is 22.8. The third kappa shape index (κ3) is 3.95. The van der Waals surface area contributed by atoms with E-state index in [4.69, 9.17) is 5.10 Å². The molecule has 5 rings (SSSR count). The number of fused-ring (bicyclic) bond motifs is 3. The smallest absolute Gasteiger partial charge is 0.245 e. The Labute approximate surface area is 193 Å². The fourth-order valence-electron chi connectivity index (χ4n) is 5.05. The summed E-state index contributed by atoms with van der Waals surface area (Å²) >= 11 is 0. The second kappa shape index (κ2) is 9.03. The zero-order valence-electron chi connectivity index (χ0n) is 18.5. The van der Waals surface area contributed by atoms with Crippen LogP contribution in [0.1, 0.15) is 53.7 Å². The molecule has 0 spiro atoms. The fraction of sp³-hybridized carbons (Fsp3) is 0.333. The van der Waals surface area contributed by atoms with Crippen LogP contribution >= 0.6 is 0 Å². The van der Waals surface area contributed by atoms with Crippen LogP contribution in [0.15, 0.2) is 54.6 Å². The van der Waals surface area contributed by atoms with Gasteiger partial charge in [-0.1, -0.05) is 61.7 Å². The van der Waals surface area contributed by atoms with Crippen molar-refractivity contribution in [3.05, 3.63) is 71.4 Å². The van der Waals surface area contributed by atoms with Gasteiger partial charge >= 0.3 is 0 Å². The number of Topliss-reactive ketones (excluding diaryl/α,β-unsaturated/α-hetero) is 1. The van der Waals surface area contributed by atoms with Crippen molar-refractivity contribution in [3.63, 3.8) is 0 Å². The van der Waals surface area contributed by atoms with Crippen molar-refractivity contribution >= 4 is 11.7 Å². The van der Waals surface area contributed by atoms with Crippen LogP contribution in [0, 0.1) is 17.2 Å². The van der Waals surface area contributed by atoms with Crippen LogP contribution in [0.3, 0.4) is 0 Å². The number of nitrogens with zero attached hydrogens (tertiary/aromatic N) is 3. The summed E-state index contributed by atoms with van der Waals surface area (Å²) in [6.45, 7) is 0. The van der Waals surface area contributed by atoms with E-state index in [1.165, 1.54) is 5.56 Å². The van der Waals surface area contributed by atoms with Gasteiger partial charge in [-0.15, -0.1) is 0 Å². The Bertz CT molecular complexity index is 1230. The number of carbonyl (C=O) groups excluding carboxylic acids is 2. The van der Waals surface area contributed by atoms with E-state index in [1.54, 1.807) is 4.68 Å². The van der Waals surface area contributed by atoms with Gasteiger partial charge < -0.3 is 5.32 Å². The summed E-state index contributed by atoms with van der Waals surface area (Å²) in [5.41, 5.74) is 4.99. The Morgan fingerprint density at radius 2 is 1.73 bits per heavy atom. The first-order valence-corrected chi connectivity index (χ1v) is 11.7. The van der Waals surface area contributed by atoms with Crippen molar-refractivity contribution in [1.29, 1.82) is 5.26 Å². The molecule has 1 saturated carbocycles. The molecule has 166 valence electrons. The average molecular weight is 439 g/mol. The van der Waals surface area contributed by atoms with Gasteiger partial charge in [0.05, 0.1) is 17.5 Å². The third-order valence-electron chi connectivity index (χ3n) is 6.74. The van der Waals surface area contributed by atoms with Gasteiger partial charge in [0.2, 0.25) is 11.7 Å². The van der Waals surface area contributed by atoms with E-state index in [9.17, 15) is 14.9 Å². The molecule has 1 atom stereocenters. The maximum atomic E-state index is 13.5. The second-order valence-corrected chi connectivity index (χ2v) is 8.85. The molecule has 2 aliphatic rings. The highest BCUT2D eigenvalue weighted by molar-refractivity contribution is 6.12. The molecule has 6 nitrogen and oxygen atoms in total. The molecule has 1 aromatic heterocycles. The molecule has 2 aliphatic carbocycles. The molecule has 1 N–H and O–H groups in total. The highest BCUT2D eigenvalue weighted by Crippen LogP contribution is 2.37. The molecule has 3 aromatic rings. The zero-order valence-corrected chi connectivity index (χ0v) is 18.5. The summed E-state index contributed by atoms with van der Waals surface area (Å²) in [5.74, 6) is -2.42. The van der Waals surface area contributed by atoms with E-state index in [0.717, 1.165) is 61.0 Å². The molecule has 1 fully saturated rings. The molecule has 0 aliphatic heterocycles. The Hall–Kier alpha value is -3.72. The highest BCUT2D eigenvalue weighted by atomic mass is 16.2. The lowest BCUT2D eigenvalue weighted by Gasteiger charge is -2.23. The summed E-state index contributed by atoms with van der Waals surface area (Å²) in [5, 5.41) is 17.4. The molecule has 0 saturated heterocycles. The van der Waals surface area contributed by atoms with Crippen molar-refractivity contribution in [3.8, 4) is 23.0 Å². The van der Waals surface area contributed by atoms with Gasteiger partial charge in [0, 0.05) is 17.2 Å². The number of para-hydroxylation sites is 1. The standard InChI is InChI=1S/C27H26N4O2/c28-17-23(27(33)29-19-10-3-1-4-11-19)26(32)24-22-16-15-18-9-7-8-14-21(18)25(22)31(30-24)20-12-5-2-6-13-20/h2,5-9,12-14,19,23H,1,3-4,10-11,15-16H2,(H,29,33). The average Bonchev–Trinajstić information content (AvgIpc) is 3.26. The lowest BCUT2D eigenvalue weighted by molar-refractivity contribution is -0.123. The number of rotatable bonds is 5. The SMILES string of the molecule is N#CC(C(=O)NC1CCCCC1)C(=O)c1nn(-c2ccccc2)c2c1CCc1ccccc1-2. The minimum atomic E-state index is -1.40. The van der Waals surface area contributed by atoms with Crippen LogP contribution < -0.4 is 5.32 Å². The quantitative estimate of drug-likeness (QED) is 0.472. The lowest BCUT2D eigenvalue weighted by atomic mass is 9.86. The number of hydrogen-bond donors (Lipinski definition) is 1. The normalized spacial score (nSPS) is 16.2. The first-order chi connectivity index (χ1) is 16.2. The van der Waals surface area contributed by atoms with Gasteiger partial charge in [-0.05, 0) is 43.4 Å². The summed E-state index contributed by atoms with van der Waals surface area (Å²) in [7, 11) is 0. The first-order valence-electron chi connectivity index (χ1n) is 11.7. The Kier molecular flexibility index (Phi) is 5.78. The van der Waals surface area contributed by atoms with Gasteiger partial charge in [-0.3, -0.25) is 9.59 Å². The van der Waals surface area contributed by atoms with Gasteiger partial charge in [-0.25, -0.2) is 4.68 Å². The molecule has 1 amide bonds. The molecular weight excluding hydrogens is 412 g/mol. The van der Waals surface area contributed by atoms with Crippen molar-refractivity contribution < 1.29 is 9.59 Å². The minimum Gasteiger partial charge on any atom is -0.352 e. The van der Waals surface area contributed by atoms with Crippen LogP contribution in [0.25, 0.3) is 16.9 Å². The van der Waals surface area contributed by atoms with Gasteiger partial charge in [0.25, 0.3) is 0 Å². The molecule has 33 heavy (non-hydrogen) atoms. The largest absolute Gasteiger partial charge is 0.352 e. The highest BCUT2D eigenvalue weighted by Gasteiger charge is 2.36. The van der Waals surface area contributed by atoms with Crippen molar-refractivity contribution in [2.75, 3.05) is 0 Å². The van der Waals surface area contributed by atoms with E-state index < -0.39 is 17.6 Å². The van der Waals surface area contributed by atoms with Crippen LogP contribution in [0.5, 0.6) is 0 Å². The monoisotopic (exact) mass is 438 g/mol. The van der Waals surface area contributed by atoms with Crippen LogP contribution in [0.2, 0.25) is 0 Å². The van der Waals surface area contributed by atoms with E-state index >= 15 is 0 Å². The van der Waals surface area contributed by atoms with Crippen molar-refractivity contribution in [2.24, 2.45) is 5.92 Å². The minimum absolute atomic E-state index is 0.0394. The predicted octanol–water partition coefficient (Wildman–Crippen LogP) is 4.41. The number of hydrogen-bond acceptors (Lipinski definition) is 4. The van der Waals surface area contributed by atoms with E-state index in [0.29, 0.717) is 6.42 Å². The second-order valence-electron chi connectivity index (χ2n) is 8.85. The van der Waals surface area contributed by atoms with Crippen molar-refractivity contribution in [1.82, 2.24) is 15.1 Å². The number of ketones is 1. The number of aromatic nitrogens is 2.